The molecule has 0 spiro atoms. The van der Waals surface area contributed by atoms with E-state index in [2.05, 4.69) is 18.7 Å². The Hall–Kier alpha value is -0.370. The van der Waals surface area contributed by atoms with Crippen molar-refractivity contribution in [3.8, 4) is 0 Å². The Morgan fingerprint density at radius 2 is 1.71 bits per heavy atom. The van der Waals surface area contributed by atoms with Gasteiger partial charge in [-0.05, 0) is 38.8 Å². The molecular formula is C15H29NO. The molecule has 1 rings (SSSR count). The SMILES string of the molecule is CCCCN(CCCC)C1CCCCCC1=O. The maximum Gasteiger partial charge on any atom is 0.149 e. The molecule has 0 heterocycles. The van der Waals surface area contributed by atoms with Gasteiger partial charge in [-0.2, -0.15) is 0 Å². The molecule has 2 heteroatoms. The van der Waals surface area contributed by atoms with Crippen LogP contribution in [0.1, 0.15) is 71.6 Å². The second-order valence-corrected chi connectivity index (χ2v) is 5.32. The summed E-state index contributed by atoms with van der Waals surface area (Å²) in [5, 5.41) is 0. The Bertz CT molecular complexity index is 207. The van der Waals surface area contributed by atoms with Crippen LogP contribution in [0.15, 0.2) is 0 Å². The second kappa shape index (κ2) is 8.68. The Morgan fingerprint density at radius 1 is 1.06 bits per heavy atom. The van der Waals surface area contributed by atoms with Crippen molar-refractivity contribution in [2.75, 3.05) is 13.1 Å². The van der Waals surface area contributed by atoms with E-state index in [1.54, 1.807) is 0 Å². The number of hydrogen-bond acceptors (Lipinski definition) is 2. The second-order valence-electron chi connectivity index (χ2n) is 5.32. The fourth-order valence-corrected chi connectivity index (χ4v) is 2.67. The van der Waals surface area contributed by atoms with Crippen molar-refractivity contribution in [3.05, 3.63) is 0 Å². The van der Waals surface area contributed by atoms with E-state index < -0.39 is 0 Å². The van der Waals surface area contributed by atoms with Crippen LogP contribution in [0.2, 0.25) is 0 Å². The highest BCUT2D eigenvalue weighted by Crippen LogP contribution is 2.20. The number of ketones is 1. The first kappa shape index (κ1) is 14.7. The molecule has 0 saturated heterocycles. The van der Waals surface area contributed by atoms with Gasteiger partial charge in [0.15, 0.2) is 0 Å². The van der Waals surface area contributed by atoms with Crippen LogP contribution >= 0.6 is 0 Å². The average Bonchev–Trinajstić information content (AvgIpc) is 2.55. The van der Waals surface area contributed by atoms with Crippen LogP contribution in [0.5, 0.6) is 0 Å². The Balaban J connectivity index is 2.54. The van der Waals surface area contributed by atoms with E-state index in [-0.39, 0.29) is 6.04 Å². The average molecular weight is 239 g/mol. The molecule has 0 radical (unpaired) electrons. The molecule has 0 aromatic carbocycles. The molecule has 0 aromatic heterocycles. The lowest BCUT2D eigenvalue weighted by molar-refractivity contribution is -0.124. The minimum atomic E-state index is 0.246. The summed E-state index contributed by atoms with van der Waals surface area (Å²) in [6.45, 7) is 6.69. The first-order valence-corrected chi connectivity index (χ1v) is 7.56. The molecule has 0 aromatic rings. The van der Waals surface area contributed by atoms with Gasteiger partial charge < -0.3 is 0 Å². The van der Waals surface area contributed by atoms with Crippen molar-refractivity contribution in [1.29, 1.82) is 0 Å². The number of carbonyl (C=O) groups is 1. The normalized spacial score (nSPS) is 21.8. The summed E-state index contributed by atoms with van der Waals surface area (Å²) in [5.74, 6) is 0.509. The van der Waals surface area contributed by atoms with Crippen molar-refractivity contribution in [2.24, 2.45) is 0 Å². The molecule has 100 valence electrons. The molecule has 1 aliphatic carbocycles. The zero-order valence-corrected chi connectivity index (χ0v) is 11.7. The van der Waals surface area contributed by atoms with Crippen molar-refractivity contribution in [1.82, 2.24) is 4.90 Å². The fraction of sp³-hybridized carbons (Fsp3) is 0.933. The van der Waals surface area contributed by atoms with Crippen molar-refractivity contribution < 1.29 is 4.79 Å². The summed E-state index contributed by atoms with van der Waals surface area (Å²) in [4.78, 5) is 14.6. The van der Waals surface area contributed by atoms with Crippen LogP contribution in [0.3, 0.4) is 0 Å². The highest BCUT2D eigenvalue weighted by atomic mass is 16.1. The summed E-state index contributed by atoms with van der Waals surface area (Å²) in [5.41, 5.74) is 0. The highest BCUT2D eigenvalue weighted by Gasteiger charge is 2.25. The first-order chi connectivity index (χ1) is 8.29. The molecule has 0 N–H and O–H groups in total. The lowest BCUT2D eigenvalue weighted by Gasteiger charge is -2.30. The molecule has 0 amide bonds. The molecule has 0 aliphatic heterocycles. The minimum Gasteiger partial charge on any atom is -0.298 e. The van der Waals surface area contributed by atoms with Gasteiger partial charge in [0.25, 0.3) is 0 Å². The number of hydrogen-bond donors (Lipinski definition) is 0. The van der Waals surface area contributed by atoms with Crippen LogP contribution in [0.4, 0.5) is 0 Å². The lowest BCUT2D eigenvalue weighted by atomic mass is 10.0. The van der Waals surface area contributed by atoms with Gasteiger partial charge in [0.2, 0.25) is 0 Å². The predicted molar refractivity (Wildman–Crippen MR) is 73.3 cm³/mol. The number of Topliss-reactive ketones (excluding diaryl/α,β-unsaturated/α-hetero) is 1. The van der Waals surface area contributed by atoms with E-state index in [9.17, 15) is 4.79 Å². The van der Waals surface area contributed by atoms with E-state index in [1.165, 1.54) is 38.5 Å². The van der Waals surface area contributed by atoms with E-state index in [0.717, 1.165) is 32.4 Å². The van der Waals surface area contributed by atoms with Gasteiger partial charge in [-0.1, -0.05) is 39.5 Å². The summed E-state index contributed by atoms with van der Waals surface area (Å²) in [6, 6.07) is 0.246. The minimum absolute atomic E-state index is 0.246. The third-order valence-electron chi connectivity index (χ3n) is 3.81. The monoisotopic (exact) mass is 239 g/mol. The van der Waals surface area contributed by atoms with E-state index in [0.29, 0.717) is 5.78 Å². The zero-order chi connectivity index (χ0) is 12.5. The van der Waals surface area contributed by atoms with Gasteiger partial charge >= 0.3 is 0 Å². The predicted octanol–water partition coefficient (Wildman–Crippen LogP) is 3.79. The lowest BCUT2D eigenvalue weighted by Crippen LogP contribution is -2.41. The molecule has 1 unspecified atom stereocenters. The zero-order valence-electron chi connectivity index (χ0n) is 11.7. The number of rotatable bonds is 7. The maximum absolute atomic E-state index is 12.1. The van der Waals surface area contributed by atoms with Crippen molar-refractivity contribution in [3.63, 3.8) is 0 Å². The van der Waals surface area contributed by atoms with Crippen LogP contribution in [0, 0.1) is 0 Å². The summed E-state index contributed by atoms with van der Waals surface area (Å²) in [6.07, 6.45) is 10.4. The molecule has 17 heavy (non-hydrogen) atoms. The molecule has 1 fully saturated rings. The van der Waals surface area contributed by atoms with Crippen molar-refractivity contribution >= 4 is 5.78 Å². The van der Waals surface area contributed by atoms with Crippen molar-refractivity contribution in [2.45, 2.75) is 77.7 Å². The topological polar surface area (TPSA) is 20.3 Å². The number of carbonyl (C=O) groups excluding carboxylic acids is 1. The van der Waals surface area contributed by atoms with Gasteiger partial charge in [-0.3, -0.25) is 9.69 Å². The largest absolute Gasteiger partial charge is 0.298 e. The molecule has 1 saturated carbocycles. The van der Waals surface area contributed by atoms with Gasteiger partial charge in [0, 0.05) is 6.42 Å². The van der Waals surface area contributed by atoms with Crippen LogP contribution in [0.25, 0.3) is 0 Å². The van der Waals surface area contributed by atoms with Gasteiger partial charge in [-0.25, -0.2) is 0 Å². The van der Waals surface area contributed by atoms with E-state index >= 15 is 0 Å². The van der Waals surface area contributed by atoms with Gasteiger partial charge in [0.1, 0.15) is 5.78 Å². The summed E-state index contributed by atoms with van der Waals surface area (Å²) >= 11 is 0. The number of nitrogens with zero attached hydrogens (tertiary/aromatic N) is 1. The molecule has 1 atom stereocenters. The van der Waals surface area contributed by atoms with E-state index in [1.807, 2.05) is 0 Å². The van der Waals surface area contributed by atoms with Gasteiger partial charge in [0.05, 0.1) is 6.04 Å². The smallest absolute Gasteiger partial charge is 0.149 e. The van der Waals surface area contributed by atoms with Crippen LogP contribution in [-0.2, 0) is 4.79 Å². The summed E-state index contributed by atoms with van der Waals surface area (Å²) < 4.78 is 0. The summed E-state index contributed by atoms with van der Waals surface area (Å²) in [7, 11) is 0. The van der Waals surface area contributed by atoms with Gasteiger partial charge in [-0.15, -0.1) is 0 Å². The molecular weight excluding hydrogens is 210 g/mol. The third kappa shape index (κ3) is 5.20. The van der Waals surface area contributed by atoms with Crippen LogP contribution in [-0.4, -0.2) is 29.8 Å². The Labute approximate surface area is 107 Å². The third-order valence-corrected chi connectivity index (χ3v) is 3.81. The first-order valence-electron chi connectivity index (χ1n) is 7.56. The Kier molecular flexibility index (Phi) is 7.50. The molecule has 2 nitrogen and oxygen atoms in total. The molecule has 1 aliphatic rings. The maximum atomic E-state index is 12.1. The van der Waals surface area contributed by atoms with Crippen LogP contribution < -0.4 is 0 Å². The number of unbranched alkanes of at least 4 members (excludes halogenated alkanes) is 2. The fourth-order valence-electron chi connectivity index (χ4n) is 2.67. The van der Waals surface area contributed by atoms with E-state index in [4.69, 9.17) is 0 Å². The highest BCUT2D eigenvalue weighted by molar-refractivity contribution is 5.84. The Morgan fingerprint density at radius 3 is 2.29 bits per heavy atom. The molecule has 0 bridgehead atoms. The standard InChI is InChI=1S/C15H29NO/c1-3-5-12-16(13-6-4-2)14-10-8-7-9-11-15(14)17/h14H,3-13H2,1-2H3. The quantitative estimate of drug-likeness (QED) is 0.630.